The monoisotopic (exact) mass is 330 g/mol. The molecule has 122 valence electrons. The van der Waals surface area contributed by atoms with Crippen LogP contribution in [0.25, 0.3) is 0 Å². The van der Waals surface area contributed by atoms with Gasteiger partial charge in [-0.25, -0.2) is 4.98 Å². The van der Waals surface area contributed by atoms with Gasteiger partial charge in [0.05, 0.1) is 6.54 Å². The largest absolute Gasteiger partial charge is 0.301 e. The van der Waals surface area contributed by atoms with Crippen molar-refractivity contribution in [2.45, 2.75) is 13.5 Å². The lowest BCUT2D eigenvalue weighted by atomic mass is 10.1. The molecule has 0 spiro atoms. The summed E-state index contributed by atoms with van der Waals surface area (Å²) in [5, 5.41) is 5.38. The summed E-state index contributed by atoms with van der Waals surface area (Å²) in [7, 11) is 0. The zero-order valence-corrected chi connectivity index (χ0v) is 14.2. The minimum Gasteiger partial charge on any atom is -0.301 e. The molecule has 0 saturated carbocycles. The zero-order chi connectivity index (χ0) is 16.1. The van der Waals surface area contributed by atoms with Gasteiger partial charge in [-0.3, -0.25) is 14.6 Å². The maximum atomic E-state index is 12.0. The summed E-state index contributed by atoms with van der Waals surface area (Å²) in [6, 6.07) is 8.54. The van der Waals surface area contributed by atoms with Crippen molar-refractivity contribution in [2.75, 3.05) is 38.0 Å². The summed E-state index contributed by atoms with van der Waals surface area (Å²) in [5.41, 5.74) is 2.74. The predicted molar refractivity (Wildman–Crippen MR) is 93.6 cm³/mol. The Morgan fingerprint density at radius 2 is 1.96 bits per heavy atom. The van der Waals surface area contributed by atoms with Crippen LogP contribution in [0.2, 0.25) is 0 Å². The molecule has 1 aliphatic rings. The number of rotatable bonds is 5. The normalized spacial score (nSPS) is 16.4. The van der Waals surface area contributed by atoms with Crippen molar-refractivity contribution < 1.29 is 4.79 Å². The lowest BCUT2D eigenvalue weighted by molar-refractivity contribution is -0.117. The summed E-state index contributed by atoms with van der Waals surface area (Å²) < 4.78 is 0. The van der Waals surface area contributed by atoms with E-state index in [2.05, 4.69) is 51.3 Å². The van der Waals surface area contributed by atoms with E-state index in [0.29, 0.717) is 11.7 Å². The Balaban J connectivity index is 1.43. The third kappa shape index (κ3) is 4.60. The molecule has 1 aromatic heterocycles. The van der Waals surface area contributed by atoms with Gasteiger partial charge in [0.2, 0.25) is 5.91 Å². The number of carbonyl (C=O) groups excluding carboxylic acids is 1. The van der Waals surface area contributed by atoms with Gasteiger partial charge in [0.25, 0.3) is 0 Å². The highest BCUT2D eigenvalue weighted by Crippen LogP contribution is 2.13. The van der Waals surface area contributed by atoms with Crippen LogP contribution >= 0.6 is 11.3 Å². The topological polar surface area (TPSA) is 48.5 Å². The number of carbonyl (C=O) groups is 1. The third-order valence-corrected chi connectivity index (χ3v) is 4.85. The maximum Gasteiger partial charge on any atom is 0.240 e. The number of aromatic nitrogens is 1. The molecule has 5 nitrogen and oxygen atoms in total. The molecule has 0 aliphatic carbocycles. The van der Waals surface area contributed by atoms with Gasteiger partial charge >= 0.3 is 0 Å². The second-order valence-electron chi connectivity index (χ2n) is 5.86. The van der Waals surface area contributed by atoms with Crippen molar-refractivity contribution in [3.05, 3.63) is 47.0 Å². The highest BCUT2D eigenvalue weighted by Gasteiger charge is 2.19. The average Bonchev–Trinajstić information content (AvgIpc) is 3.04. The Kier molecular flexibility index (Phi) is 5.38. The van der Waals surface area contributed by atoms with Crippen molar-refractivity contribution in [1.82, 2.24) is 14.8 Å². The first-order valence-corrected chi connectivity index (χ1v) is 8.77. The number of piperazine rings is 1. The molecule has 0 atom stereocenters. The van der Waals surface area contributed by atoms with Crippen LogP contribution in [0.15, 0.2) is 35.8 Å². The van der Waals surface area contributed by atoms with Crippen LogP contribution in [0, 0.1) is 6.92 Å². The van der Waals surface area contributed by atoms with E-state index in [4.69, 9.17) is 0 Å². The van der Waals surface area contributed by atoms with E-state index in [1.165, 1.54) is 22.5 Å². The Labute approximate surface area is 140 Å². The number of amides is 1. The van der Waals surface area contributed by atoms with E-state index in [0.717, 1.165) is 32.7 Å². The minimum atomic E-state index is 0.0207. The van der Waals surface area contributed by atoms with Gasteiger partial charge in [-0.05, 0) is 18.1 Å². The molecule has 1 aliphatic heterocycles. The predicted octanol–water partition coefficient (Wildman–Crippen LogP) is 2.21. The molecular weight excluding hydrogens is 308 g/mol. The summed E-state index contributed by atoms with van der Waals surface area (Å²) in [6.07, 6.45) is 1.70. The molecule has 2 aromatic rings. The van der Waals surface area contributed by atoms with Crippen LogP contribution in [-0.4, -0.2) is 53.4 Å². The summed E-state index contributed by atoms with van der Waals surface area (Å²) in [6.45, 7) is 7.45. The number of anilines is 1. The molecule has 2 heterocycles. The second kappa shape index (κ2) is 7.68. The first-order valence-electron chi connectivity index (χ1n) is 7.89. The van der Waals surface area contributed by atoms with E-state index in [1.54, 1.807) is 6.20 Å². The Hall–Kier alpha value is -1.76. The fraction of sp³-hybridized carbons (Fsp3) is 0.412. The lowest BCUT2D eigenvalue weighted by Gasteiger charge is -2.34. The van der Waals surface area contributed by atoms with Crippen molar-refractivity contribution in [3.63, 3.8) is 0 Å². The standard InChI is InChI=1S/C17H22N4OS/c1-14-4-2-3-5-15(14)12-20-7-9-21(10-8-20)13-16(22)19-17-18-6-11-23-17/h2-6,11H,7-10,12-13H2,1H3,(H,18,19,22). The quantitative estimate of drug-likeness (QED) is 0.913. The molecular formula is C17H22N4OS. The number of benzene rings is 1. The van der Waals surface area contributed by atoms with Crippen LogP contribution in [0.1, 0.15) is 11.1 Å². The Bertz CT molecular complexity index is 636. The van der Waals surface area contributed by atoms with Crippen molar-refractivity contribution in [2.24, 2.45) is 0 Å². The van der Waals surface area contributed by atoms with Gasteiger partial charge in [-0.15, -0.1) is 11.3 Å². The summed E-state index contributed by atoms with van der Waals surface area (Å²) in [5.74, 6) is 0.0207. The van der Waals surface area contributed by atoms with E-state index >= 15 is 0 Å². The smallest absolute Gasteiger partial charge is 0.240 e. The first-order chi connectivity index (χ1) is 11.2. The van der Waals surface area contributed by atoms with Gasteiger partial charge in [0.15, 0.2) is 5.13 Å². The number of thiazole rings is 1. The first kappa shape index (κ1) is 16.1. The number of aryl methyl sites for hydroxylation is 1. The van der Waals surface area contributed by atoms with E-state index in [-0.39, 0.29) is 5.91 Å². The van der Waals surface area contributed by atoms with Gasteiger partial charge in [-0.1, -0.05) is 24.3 Å². The molecule has 1 aromatic carbocycles. The SMILES string of the molecule is Cc1ccccc1CN1CCN(CC(=O)Nc2nccs2)CC1. The van der Waals surface area contributed by atoms with Crippen molar-refractivity contribution in [1.29, 1.82) is 0 Å². The van der Waals surface area contributed by atoms with Crippen LogP contribution in [0.5, 0.6) is 0 Å². The van der Waals surface area contributed by atoms with Crippen molar-refractivity contribution >= 4 is 22.4 Å². The van der Waals surface area contributed by atoms with E-state index in [9.17, 15) is 4.79 Å². The van der Waals surface area contributed by atoms with E-state index in [1.807, 2.05) is 5.38 Å². The third-order valence-electron chi connectivity index (χ3n) is 4.17. The van der Waals surface area contributed by atoms with Crippen LogP contribution < -0.4 is 5.32 Å². The number of nitrogens with zero attached hydrogens (tertiary/aromatic N) is 3. The minimum absolute atomic E-state index is 0.0207. The molecule has 0 unspecified atom stereocenters. The lowest BCUT2D eigenvalue weighted by Crippen LogP contribution is -2.48. The molecule has 1 fully saturated rings. The Morgan fingerprint density at radius 1 is 1.22 bits per heavy atom. The molecule has 6 heteroatoms. The van der Waals surface area contributed by atoms with Crippen molar-refractivity contribution in [3.8, 4) is 0 Å². The van der Waals surface area contributed by atoms with Gasteiger partial charge in [0.1, 0.15) is 0 Å². The molecule has 0 bridgehead atoms. The number of hydrogen-bond donors (Lipinski definition) is 1. The average molecular weight is 330 g/mol. The molecule has 1 saturated heterocycles. The van der Waals surface area contributed by atoms with Crippen LogP contribution in [0.4, 0.5) is 5.13 Å². The van der Waals surface area contributed by atoms with Gasteiger partial charge < -0.3 is 5.32 Å². The number of nitrogens with one attached hydrogen (secondary N) is 1. The van der Waals surface area contributed by atoms with E-state index < -0.39 is 0 Å². The maximum absolute atomic E-state index is 12.0. The molecule has 1 amide bonds. The van der Waals surface area contributed by atoms with Gasteiger partial charge in [-0.2, -0.15) is 0 Å². The van der Waals surface area contributed by atoms with Crippen LogP contribution in [0.3, 0.4) is 0 Å². The summed E-state index contributed by atoms with van der Waals surface area (Å²) in [4.78, 5) is 20.7. The number of hydrogen-bond acceptors (Lipinski definition) is 5. The van der Waals surface area contributed by atoms with Gasteiger partial charge in [0, 0.05) is 44.3 Å². The fourth-order valence-electron chi connectivity index (χ4n) is 2.78. The fourth-order valence-corrected chi connectivity index (χ4v) is 3.33. The molecule has 0 radical (unpaired) electrons. The van der Waals surface area contributed by atoms with Crippen LogP contribution in [-0.2, 0) is 11.3 Å². The second-order valence-corrected chi connectivity index (χ2v) is 6.76. The zero-order valence-electron chi connectivity index (χ0n) is 13.4. The molecule has 23 heavy (non-hydrogen) atoms. The Morgan fingerprint density at radius 3 is 2.65 bits per heavy atom. The summed E-state index contributed by atoms with van der Waals surface area (Å²) >= 11 is 1.45. The highest BCUT2D eigenvalue weighted by molar-refractivity contribution is 7.13. The highest BCUT2D eigenvalue weighted by atomic mass is 32.1. The molecule has 3 rings (SSSR count). The molecule has 1 N–H and O–H groups in total.